The van der Waals surface area contributed by atoms with Crippen LogP contribution in [0.5, 0.6) is 5.75 Å². The molecule has 3 aromatic rings. The second-order valence-electron chi connectivity index (χ2n) is 8.62. The van der Waals surface area contributed by atoms with Crippen LogP contribution in [0, 0.1) is 0 Å². The number of anilines is 1. The molecule has 0 spiro atoms. The minimum atomic E-state index is -0.324. The lowest BCUT2D eigenvalue weighted by molar-refractivity contribution is -0.113. The molecule has 0 bridgehead atoms. The Morgan fingerprint density at radius 1 is 1.18 bits per heavy atom. The van der Waals surface area contributed by atoms with Gasteiger partial charge in [-0.1, -0.05) is 62.3 Å². The zero-order valence-electron chi connectivity index (χ0n) is 19.3. The van der Waals surface area contributed by atoms with Crippen LogP contribution >= 0.6 is 23.4 Å². The summed E-state index contributed by atoms with van der Waals surface area (Å²) in [6, 6.07) is 15.1. The first-order valence-electron chi connectivity index (χ1n) is 10.7. The Morgan fingerprint density at radius 3 is 2.45 bits per heavy atom. The van der Waals surface area contributed by atoms with Gasteiger partial charge < -0.3 is 10.1 Å². The Kier molecular flexibility index (Phi) is 8.21. The average Bonchev–Trinajstić information content (AvgIpc) is 3.17. The fourth-order valence-electron chi connectivity index (χ4n) is 3.16. The van der Waals surface area contributed by atoms with E-state index < -0.39 is 0 Å². The Bertz CT molecular complexity index is 1090. The summed E-state index contributed by atoms with van der Waals surface area (Å²) < 4.78 is 8.04. The van der Waals surface area contributed by atoms with Gasteiger partial charge in [0, 0.05) is 17.3 Å². The van der Waals surface area contributed by atoms with E-state index in [2.05, 4.69) is 55.0 Å². The molecule has 0 fully saturated rings. The summed E-state index contributed by atoms with van der Waals surface area (Å²) in [5, 5.41) is 12.7. The molecular weight excluding hydrogens is 456 g/mol. The van der Waals surface area contributed by atoms with Gasteiger partial charge in [0.05, 0.1) is 5.75 Å². The number of amides is 1. The van der Waals surface area contributed by atoms with Crippen LogP contribution in [0.3, 0.4) is 0 Å². The van der Waals surface area contributed by atoms with Crippen LogP contribution in [0.4, 0.5) is 5.69 Å². The van der Waals surface area contributed by atoms with Gasteiger partial charge in [-0.15, -0.1) is 16.8 Å². The summed E-state index contributed by atoms with van der Waals surface area (Å²) >= 11 is 7.20. The molecule has 1 N–H and O–H groups in total. The molecule has 3 rings (SSSR count). The van der Waals surface area contributed by atoms with Gasteiger partial charge >= 0.3 is 0 Å². The predicted octanol–water partition coefficient (Wildman–Crippen LogP) is 6.29. The van der Waals surface area contributed by atoms with Crippen molar-refractivity contribution in [2.24, 2.45) is 0 Å². The van der Waals surface area contributed by atoms with Gasteiger partial charge in [0.15, 0.2) is 17.1 Å². The highest BCUT2D eigenvalue weighted by molar-refractivity contribution is 7.99. The molecule has 8 heteroatoms. The van der Waals surface area contributed by atoms with Crippen LogP contribution in [0.1, 0.15) is 45.2 Å². The third kappa shape index (κ3) is 6.85. The van der Waals surface area contributed by atoms with Crippen LogP contribution < -0.4 is 10.1 Å². The molecule has 0 aliphatic carbocycles. The van der Waals surface area contributed by atoms with E-state index in [0.29, 0.717) is 28.2 Å². The Labute approximate surface area is 204 Å². The third-order valence-electron chi connectivity index (χ3n) is 4.91. The second-order valence-corrected chi connectivity index (χ2v) is 10.00. The van der Waals surface area contributed by atoms with Crippen LogP contribution in [-0.2, 0) is 16.8 Å². The predicted molar refractivity (Wildman–Crippen MR) is 135 cm³/mol. The molecule has 1 amide bonds. The van der Waals surface area contributed by atoms with Crippen LogP contribution in [-0.4, -0.2) is 26.4 Å². The van der Waals surface area contributed by atoms with Crippen molar-refractivity contribution >= 4 is 35.0 Å². The van der Waals surface area contributed by atoms with Crippen molar-refractivity contribution in [1.82, 2.24) is 14.8 Å². The first-order chi connectivity index (χ1) is 15.7. The van der Waals surface area contributed by atoms with Crippen LogP contribution in [0.15, 0.2) is 66.3 Å². The number of hydrogen-bond donors (Lipinski definition) is 1. The lowest BCUT2D eigenvalue weighted by Gasteiger charge is -2.20. The van der Waals surface area contributed by atoms with E-state index in [0.717, 1.165) is 5.75 Å². The van der Waals surface area contributed by atoms with E-state index >= 15 is 0 Å². The third-order valence-corrected chi connectivity index (χ3v) is 6.13. The first-order valence-corrected chi connectivity index (χ1v) is 12.0. The van der Waals surface area contributed by atoms with Crippen molar-refractivity contribution < 1.29 is 9.53 Å². The average molecular weight is 485 g/mol. The van der Waals surface area contributed by atoms with Crippen molar-refractivity contribution in [1.29, 1.82) is 0 Å². The smallest absolute Gasteiger partial charge is 0.234 e. The highest BCUT2D eigenvalue weighted by atomic mass is 35.5. The van der Waals surface area contributed by atoms with Gasteiger partial charge in [0.2, 0.25) is 5.91 Å². The van der Waals surface area contributed by atoms with E-state index in [1.807, 2.05) is 23.6 Å². The number of benzene rings is 2. The second kappa shape index (κ2) is 10.9. The highest BCUT2D eigenvalue weighted by Gasteiger charge is 2.20. The summed E-state index contributed by atoms with van der Waals surface area (Å²) in [6.07, 6.45) is 1.45. The quantitative estimate of drug-likeness (QED) is 0.285. The lowest BCUT2D eigenvalue weighted by Crippen LogP contribution is -2.15. The molecule has 1 unspecified atom stereocenters. The molecule has 0 radical (unpaired) electrons. The van der Waals surface area contributed by atoms with Crippen molar-refractivity contribution in [2.75, 3.05) is 11.1 Å². The number of allylic oxidation sites excluding steroid dienone is 1. The number of nitrogens with zero attached hydrogens (tertiary/aromatic N) is 3. The molecule has 174 valence electrons. The maximum Gasteiger partial charge on any atom is 0.234 e. The van der Waals surface area contributed by atoms with E-state index in [-0.39, 0.29) is 23.2 Å². The number of halogens is 1. The Hall–Kier alpha value is -2.77. The number of nitrogens with one attached hydrogen (secondary N) is 1. The normalized spacial score (nSPS) is 12.3. The van der Waals surface area contributed by atoms with Crippen LogP contribution in [0.2, 0.25) is 5.02 Å². The largest absolute Gasteiger partial charge is 0.483 e. The number of carbonyl (C=O) groups excluding carboxylic acids is 1. The molecule has 0 saturated carbocycles. The van der Waals surface area contributed by atoms with Gasteiger partial charge in [-0.2, -0.15) is 0 Å². The molecule has 33 heavy (non-hydrogen) atoms. The number of rotatable bonds is 9. The molecule has 6 nitrogen and oxygen atoms in total. The Balaban J connectivity index is 1.66. The minimum absolute atomic E-state index is 0.0836. The number of carbonyl (C=O) groups is 1. The van der Waals surface area contributed by atoms with Gasteiger partial charge in [-0.25, -0.2) is 0 Å². The number of thioether (sulfide) groups is 1. The van der Waals surface area contributed by atoms with Crippen molar-refractivity contribution in [2.45, 2.75) is 50.9 Å². The van der Waals surface area contributed by atoms with E-state index in [9.17, 15) is 4.79 Å². The number of ether oxygens (including phenoxy) is 1. The molecule has 0 aliphatic heterocycles. The zero-order chi connectivity index (χ0) is 24.0. The van der Waals surface area contributed by atoms with Crippen molar-refractivity contribution in [3.8, 4) is 5.75 Å². The van der Waals surface area contributed by atoms with Gasteiger partial charge in [0.1, 0.15) is 5.75 Å². The van der Waals surface area contributed by atoms with Gasteiger partial charge in [0.25, 0.3) is 0 Å². The molecule has 0 aliphatic rings. The summed E-state index contributed by atoms with van der Waals surface area (Å²) in [4.78, 5) is 12.4. The topological polar surface area (TPSA) is 69.0 Å². The number of hydrogen-bond acceptors (Lipinski definition) is 5. The molecule has 1 aromatic heterocycles. The zero-order valence-corrected chi connectivity index (χ0v) is 20.9. The summed E-state index contributed by atoms with van der Waals surface area (Å²) in [5.74, 6) is 1.50. The lowest BCUT2D eigenvalue weighted by atomic mass is 9.87. The maximum atomic E-state index is 12.4. The fraction of sp³-hybridized carbons (Fsp3) is 0.320. The van der Waals surface area contributed by atoms with E-state index in [1.54, 1.807) is 30.3 Å². The first kappa shape index (κ1) is 24.9. The SMILES string of the molecule is C=CCn1c(SCC(=O)Nc2ccc(Cl)cc2)nnc1C(C)Oc1ccc(C(C)(C)C)cc1. The molecule has 1 heterocycles. The van der Waals surface area contributed by atoms with Crippen molar-refractivity contribution in [3.63, 3.8) is 0 Å². The number of aromatic nitrogens is 3. The highest BCUT2D eigenvalue weighted by Crippen LogP contribution is 2.28. The molecule has 2 aromatic carbocycles. The summed E-state index contributed by atoms with van der Waals surface area (Å²) in [6.45, 7) is 12.8. The Morgan fingerprint density at radius 2 is 1.85 bits per heavy atom. The fourth-order valence-corrected chi connectivity index (χ4v) is 4.04. The maximum absolute atomic E-state index is 12.4. The molecule has 0 saturated heterocycles. The van der Waals surface area contributed by atoms with E-state index in [1.165, 1.54) is 17.3 Å². The van der Waals surface area contributed by atoms with Gasteiger partial charge in [-0.05, 0) is 54.3 Å². The molecular formula is C25H29ClN4O2S. The van der Waals surface area contributed by atoms with Gasteiger partial charge in [-0.3, -0.25) is 9.36 Å². The standard InChI is InChI=1S/C25H29ClN4O2S/c1-6-15-30-23(17(2)32-21-13-7-18(8-14-21)25(3,4)5)28-29-24(30)33-16-22(31)27-20-11-9-19(26)10-12-20/h6-14,17H,1,15-16H2,2-5H3,(H,27,31). The summed E-state index contributed by atoms with van der Waals surface area (Å²) in [7, 11) is 0. The minimum Gasteiger partial charge on any atom is -0.483 e. The van der Waals surface area contributed by atoms with E-state index in [4.69, 9.17) is 16.3 Å². The monoisotopic (exact) mass is 484 g/mol. The van der Waals surface area contributed by atoms with Crippen LogP contribution in [0.25, 0.3) is 0 Å². The summed E-state index contributed by atoms with van der Waals surface area (Å²) in [5.41, 5.74) is 2.02. The van der Waals surface area contributed by atoms with Crippen molar-refractivity contribution in [3.05, 3.63) is 77.6 Å². The molecule has 1 atom stereocenters.